The van der Waals surface area contributed by atoms with Gasteiger partial charge in [0.05, 0.1) is 4.91 Å². The molecule has 152 valence electrons. The van der Waals surface area contributed by atoms with E-state index in [1.165, 1.54) is 17.3 Å². The van der Waals surface area contributed by atoms with Gasteiger partial charge < -0.3 is 14.8 Å². The van der Waals surface area contributed by atoms with Crippen molar-refractivity contribution >= 4 is 51.9 Å². The summed E-state index contributed by atoms with van der Waals surface area (Å²) in [6, 6.07) is 13.4. The van der Waals surface area contributed by atoms with Crippen LogP contribution in [0.2, 0.25) is 5.02 Å². The summed E-state index contributed by atoms with van der Waals surface area (Å²) in [5.41, 5.74) is 2.09. The first-order valence-electron chi connectivity index (χ1n) is 9.13. The summed E-state index contributed by atoms with van der Waals surface area (Å²) in [7, 11) is 0. The summed E-state index contributed by atoms with van der Waals surface area (Å²) in [5.74, 6) is 1.21. The van der Waals surface area contributed by atoms with Crippen LogP contribution in [0.4, 0.5) is 0 Å². The number of thioether (sulfide) groups is 1. The predicted octanol–water partition coefficient (Wildman–Crippen LogP) is 5.58. The Morgan fingerprint density at radius 2 is 1.79 bits per heavy atom. The first-order chi connectivity index (χ1) is 13.7. The summed E-state index contributed by atoms with van der Waals surface area (Å²) < 4.78 is 12.1. The van der Waals surface area contributed by atoms with E-state index in [9.17, 15) is 4.79 Å². The van der Waals surface area contributed by atoms with Gasteiger partial charge in [0, 0.05) is 10.6 Å². The number of carbonyl (C=O) groups is 1. The van der Waals surface area contributed by atoms with Crippen LogP contribution in [0.3, 0.4) is 0 Å². The Balaban J connectivity index is 1.60. The second-order valence-electron chi connectivity index (χ2n) is 7.51. The van der Waals surface area contributed by atoms with Crippen molar-refractivity contribution in [3.63, 3.8) is 0 Å². The van der Waals surface area contributed by atoms with Gasteiger partial charge in [-0.25, -0.2) is 0 Å². The highest BCUT2D eigenvalue weighted by atomic mass is 35.5. The zero-order chi connectivity index (χ0) is 21.0. The van der Waals surface area contributed by atoms with E-state index in [1.54, 1.807) is 24.3 Å². The third-order valence-corrected chi connectivity index (χ3v) is 5.63. The first kappa shape index (κ1) is 21.7. The molecule has 0 bridgehead atoms. The molecule has 7 heteroatoms. The average Bonchev–Trinajstić information content (AvgIpc) is 2.97. The maximum atomic E-state index is 11.9. The van der Waals surface area contributed by atoms with E-state index in [-0.39, 0.29) is 11.3 Å². The number of carbonyl (C=O) groups excluding carboxylic acids is 1. The predicted molar refractivity (Wildman–Crippen MR) is 124 cm³/mol. The molecule has 0 aromatic heterocycles. The number of hydrogen-bond donors (Lipinski definition) is 1. The standard InChI is InChI=1S/C22H22ClNO3S2/c1-22(2,3)15-4-7-17(8-5-15)26-10-11-27-18-9-6-16(23)12-14(18)13-19-20(25)24-21(28)29-19/h4-9,12-13H,10-11H2,1-3H3,(H,24,25,28)/b19-13+. The lowest BCUT2D eigenvalue weighted by molar-refractivity contribution is -0.115. The van der Waals surface area contributed by atoms with Crippen LogP contribution in [-0.4, -0.2) is 23.4 Å². The van der Waals surface area contributed by atoms with E-state index in [2.05, 4.69) is 38.2 Å². The van der Waals surface area contributed by atoms with Crippen molar-refractivity contribution in [3.05, 3.63) is 63.5 Å². The molecule has 1 N–H and O–H groups in total. The van der Waals surface area contributed by atoms with Crippen LogP contribution in [0.1, 0.15) is 31.9 Å². The molecule has 0 aliphatic carbocycles. The molecule has 1 heterocycles. The molecule has 2 aromatic carbocycles. The molecule has 3 rings (SSSR count). The molecule has 1 aliphatic heterocycles. The second kappa shape index (κ2) is 9.20. The fourth-order valence-electron chi connectivity index (χ4n) is 2.69. The minimum atomic E-state index is -0.215. The normalized spacial score (nSPS) is 15.5. The molecule has 1 aliphatic rings. The van der Waals surface area contributed by atoms with Gasteiger partial charge in [-0.1, -0.05) is 68.5 Å². The van der Waals surface area contributed by atoms with Crippen molar-refractivity contribution in [3.8, 4) is 11.5 Å². The van der Waals surface area contributed by atoms with E-state index < -0.39 is 0 Å². The molecule has 0 spiro atoms. The van der Waals surface area contributed by atoms with E-state index in [0.717, 1.165) is 11.3 Å². The lowest BCUT2D eigenvalue weighted by Gasteiger charge is -2.19. The van der Waals surface area contributed by atoms with Gasteiger partial charge in [0.15, 0.2) is 0 Å². The van der Waals surface area contributed by atoms with Crippen molar-refractivity contribution < 1.29 is 14.3 Å². The summed E-state index contributed by atoms with van der Waals surface area (Å²) in [5, 5.41) is 3.16. The Labute approximate surface area is 185 Å². The fraction of sp³-hybridized carbons (Fsp3) is 0.273. The third kappa shape index (κ3) is 5.98. The highest BCUT2D eigenvalue weighted by molar-refractivity contribution is 8.26. The summed E-state index contributed by atoms with van der Waals surface area (Å²) >= 11 is 12.4. The molecule has 4 nitrogen and oxygen atoms in total. The van der Waals surface area contributed by atoms with Gasteiger partial charge >= 0.3 is 0 Å². The van der Waals surface area contributed by atoms with E-state index >= 15 is 0 Å². The minimum absolute atomic E-state index is 0.110. The van der Waals surface area contributed by atoms with Crippen LogP contribution in [0.15, 0.2) is 47.4 Å². The Hall–Kier alpha value is -2.02. The number of nitrogens with one attached hydrogen (secondary N) is 1. The van der Waals surface area contributed by atoms with Crippen LogP contribution >= 0.6 is 35.6 Å². The van der Waals surface area contributed by atoms with Crippen LogP contribution in [0.25, 0.3) is 6.08 Å². The van der Waals surface area contributed by atoms with E-state index in [1.807, 2.05) is 12.1 Å². The quantitative estimate of drug-likeness (QED) is 0.355. The van der Waals surface area contributed by atoms with E-state index in [4.69, 9.17) is 33.3 Å². The van der Waals surface area contributed by atoms with Gasteiger partial charge in [0.25, 0.3) is 5.91 Å². The number of halogens is 1. The Bertz CT molecular complexity index is 950. The van der Waals surface area contributed by atoms with Crippen molar-refractivity contribution in [1.82, 2.24) is 5.32 Å². The van der Waals surface area contributed by atoms with Gasteiger partial charge in [-0.05, 0) is 47.4 Å². The topological polar surface area (TPSA) is 47.6 Å². The Morgan fingerprint density at radius 3 is 2.41 bits per heavy atom. The van der Waals surface area contributed by atoms with Crippen molar-refractivity contribution in [2.24, 2.45) is 0 Å². The molecule has 0 unspecified atom stereocenters. The Kier molecular flexibility index (Phi) is 6.88. The number of amides is 1. The number of thiocarbonyl (C=S) groups is 1. The van der Waals surface area contributed by atoms with Crippen LogP contribution in [0.5, 0.6) is 11.5 Å². The van der Waals surface area contributed by atoms with Gasteiger partial charge in [-0.3, -0.25) is 4.79 Å². The molecule has 0 radical (unpaired) electrons. The van der Waals surface area contributed by atoms with Gasteiger partial charge in [0.1, 0.15) is 29.0 Å². The summed E-state index contributed by atoms with van der Waals surface area (Å²) in [4.78, 5) is 12.4. The maximum absolute atomic E-state index is 11.9. The van der Waals surface area contributed by atoms with Crippen molar-refractivity contribution in [2.75, 3.05) is 13.2 Å². The molecule has 1 fully saturated rings. The van der Waals surface area contributed by atoms with Crippen molar-refractivity contribution in [2.45, 2.75) is 26.2 Å². The molecule has 2 aromatic rings. The lowest BCUT2D eigenvalue weighted by Crippen LogP contribution is -2.17. The zero-order valence-corrected chi connectivity index (χ0v) is 18.8. The molecule has 1 saturated heterocycles. The molecular formula is C22H22ClNO3S2. The largest absolute Gasteiger partial charge is 0.490 e. The number of benzene rings is 2. The van der Waals surface area contributed by atoms with Gasteiger partial charge in [-0.2, -0.15) is 0 Å². The summed E-state index contributed by atoms with van der Waals surface area (Å²) in [6.07, 6.45) is 1.73. The monoisotopic (exact) mass is 447 g/mol. The molecular weight excluding hydrogens is 426 g/mol. The molecule has 1 amide bonds. The first-order valence-corrected chi connectivity index (χ1v) is 10.7. The number of rotatable bonds is 6. The van der Waals surface area contributed by atoms with Crippen molar-refractivity contribution in [1.29, 1.82) is 0 Å². The Morgan fingerprint density at radius 1 is 1.10 bits per heavy atom. The van der Waals surface area contributed by atoms with Crippen LogP contribution < -0.4 is 14.8 Å². The SMILES string of the molecule is CC(C)(C)c1ccc(OCCOc2ccc(Cl)cc2/C=C2/SC(=S)NC2=O)cc1. The minimum Gasteiger partial charge on any atom is -0.490 e. The number of ether oxygens (including phenoxy) is 2. The second-order valence-corrected chi connectivity index (χ2v) is 9.66. The zero-order valence-electron chi connectivity index (χ0n) is 16.5. The highest BCUT2D eigenvalue weighted by Gasteiger charge is 2.22. The highest BCUT2D eigenvalue weighted by Crippen LogP contribution is 2.31. The molecule has 0 atom stereocenters. The lowest BCUT2D eigenvalue weighted by atomic mass is 9.87. The maximum Gasteiger partial charge on any atom is 0.263 e. The fourth-order valence-corrected chi connectivity index (χ4v) is 3.90. The molecule has 0 saturated carbocycles. The smallest absolute Gasteiger partial charge is 0.263 e. The van der Waals surface area contributed by atoms with Gasteiger partial charge in [-0.15, -0.1) is 0 Å². The van der Waals surface area contributed by atoms with Crippen LogP contribution in [0, 0.1) is 0 Å². The average molecular weight is 448 g/mol. The third-order valence-electron chi connectivity index (χ3n) is 4.23. The van der Waals surface area contributed by atoms with Gasteiger partial charge in [0.2, 0.25) is 0 Å². The van der Waals surface area contributed by atoms with E-state index in [0.29, 0.717) is 33.2 Å². The molecule has 29 heavy (non-hydrogen) atoms. The number of hydrogen-bond acceptors (Lipinski definition) is 5. The van der Waals surface area contributed by atoms with Crippen LogP contribution in [-0.2, 0) is 10.2 Å². The summed E-state index contributed by atoms with van der Waals surface area (Å²) in [6.45, 7) is 7.29.